The van der Waals surface area contributed by atoms with Gasteiger partial charge in [-0.05, 0) is 30.3 Å². The van der Waals surface area contributed by atoms with Crippen LogP contribution >= 0.6 is 0 Å². The second kappa shape index (κ2) is 6.54. The normalized spacial score (nSPS) is 11.2. The molecule has 106 valence electrons. The molecule has 0 spiro atoms. The zero-order chi connectivity index (χ0) is 14.4. The van der Waals surface area contributed by atoms with Crippen LogP contribution in [0.5, 0.6) is 0 Å². The molecular weight excluding hydrogens is 272 g/mol. The minimum absolute atomic E-state index is 0.0261. The Bertz CT molecular complexity index is 637. The summed E-state index contributed by atoms with van der Waals surface area (Å²) in [6, 6.07) is 16.5. The van der Waals surface area contributed by atoms with Gasteiger partial charge in [0.05, 0.1) is 5.75 Å². The van der Waals surface area contributed by atoms with Gasteiger partial charge in [-0.3, -0.25) is 4.72 Å². The number of para-hydroxylation sites is 1. The third kappa shape index (κ3) is 4.36. The van der Waals surface area contributed by atoms with Crippen LogP contribution in [0.4, 0.5) is 5.69 Å². The molecule has 0 heterocycles. The fraction of sp³-hybridized carbons (Fsp3) is 0.200. The monoisotopic (exact) mass is 290 g/mol. The number of nitrogens with one attached hydrogen (secondary N) is 2. The van der Waals surface area contributed by atoms with Gasteiger partial charge in [0.25, 0.3) is 0 Å². The molecule has 2 N–H and O–H groups in total. The fourth-order valence-corrected chi connectivity index (χ4v) is 3.10. The van der Waals surface area contributed by atoms with Crippen LogP contribution in [0.15, 0.2) is 54.6 Å². The number of hydrogen-bond acceptors (Lipinski definition) is 3. The van der Waals surface area contributed by atoms with Gasteiger partial charge in [-0.15, -0.1) is 0 Å². The standard InChI is InChI=1S/C15H18N2O2S/c1-16-11-13-7-9-14(10-8-13)12-20(18,19)17-15-5-3-2-4-6-15/h2-10,16-17H,11-12H2,1H3. The fourth-order valence-electron chi connectivity index (χ4n) is 1.90. The lowest BCUT2D eigenvalue weighted by Crippen LogP contribution is -2.15. The summed E-state index contributed by atoms with van der Waals surface area (Å²) >= 11 is 0. The quantitative estimate of drug-likeness (QED) is 0.858. The van der Waals surface area contributed by atoms with Crippen molar-refractivity contribution in [3.63, 3.8) is 0 Å². The van der Waals surface area contributed by atoms with Crippen molar-refractivity contribution >= 4 is 15.7 Å². The molecule has 2 aromatic rings. The summed E-state index contributed by atoms with van der Waals surface area (Å²) in [7, 11) is -1.50. The Labute approximate surface area is 119 Å². The molecule has 0 bridgehead atoms. The first-order valence-electron chi connectivity index (χ1n) is 6.37. The molecule has 20 heavy (non-hydrogen) atoms. The Kier molecular flexibility index (Phi) is 4.76. The van der Waals surface area contributed by atoms with Crippen LogP contribution in [0.1, 0.15) is 11.1 Å². The molecule has 0 saturated heterocycles. The van der Waals surface area contributed by atoms with E-state index in [0.29, 0.717) is 5.69 Å². The molecule has 0 atom stereocenters. The summed E-state index contributed by atoms with van der Waals surface area (Å²) in [5.74, 6) is -0.0261. The Hall–Kier alpha value is -1.85. The summed E-state index contributed by atoms with van der Waals surface area (Å²) < 4.78 is 26.7. The summed E-state index contributed by atoms with van der Waals surface area (Å²) in [4.78, 5) is 0. The average molecular weight is 290 g/mol. The van der Waals surface area contributed by atoms with Crippen molar-refractivity contribution in [2.24, 2.45) is 0 Å². The molecule has 2 rings (SSSR count). The van der Waals surface area contributed by atoms with Gasteiger partial charge in [0, 0.05) is 12.2 Å². The van der Waals surface area contributed by atoms with E-state index in [0.717, 1.165) is 17.7 Å². The molecule has 4 nitrogen and oxygen atoms in total. The summed E-state index contributed by atoms with van der Waals surface area (Å²) in [5, 5.41) is 3.05. The van der Waals surface area contributed by atoms with Gasteiger partial charge in [0.15, 0.2) is 0 Å². The third-order valence-corrected chi connectivity index (χ3v) is 4.07. The van der Waals surface area contributed by atoms with Crippen LogP contribution in [0.2, 0.25) is 0 Å². The topological polar surface area (TPSA) is 58.2 Å². The van der Waals surface area contributed by atoms with Crippen molar-refractivity contribution in [1.29, 1.82) is 0 Å². The van der Waals surface area contributed by atoms with Gasteiger partial charge in [-0.2, -0.15) is 0 Å². The Morgan fingerprint density at radius 1 is 0.900 bits per heavy atom. The smallest absolute Gasteiger partial charge is 0.236 e. The Morgan fingerprint density at radius 2 is 1.50 bits per heavy atom. The molecule has 0 aliphatic heterocycles. The van der Waals surface area contributed by atoms with Gasteiger partial charge in [0.1, 0.15) is 0 Å². The van der Waals surface area contributed by atoms with Gasteiger partial charge in [-0.1, -0.05) is 42.5 Å². The zero-order valence-electron chi connectivity index (χ0n) is 11.3. The van der Waals surface area contributed by atoms with Crippen LogP contribution < -0.4 is 10.0 Å². The van der Waals surface area contributed by atoms with Gasteiger partial charge >= 0.3 is 0 Å². The van der Waals surface area contributed by atoms with E-state index in [4.69, 9.17) is 0 Å². The van der Waals surface area contributed by atoms with Crippen LogP contribution in [-0.2, 0) is 22.3 Å². The van der Waals surface area contributed by atoms with Crippen LogP contribution in [0.3, 0.4) is 0 Å². The lowest BCUT2D eigenvalue weighted by atomic mass is 10.1. The highest BCUT2D eigenvalue weighted by Crippen LogP contribution is 2.13. The van der Waals surface area contributed by atoms with E-state index in [1.807, 2.05) is 37.4 Å². The maximum absolute atomic E-state index is 12.1. The largest absolute Gasteiger partial charge is 0.316 e. The highest BCUT2D eigenvalue weighted by atomic mass is 32.2. The van der Waals surface area contributed by atoms with Crippen molar-refractivity contribution in [2.45, 2.75) is 12.3 Å². The van der Waals surface area contributed by atoms with Crippen LogP contribution in [-0.4, -0.2) is 15.5 Å². The number of sulfonamides is 1. The van der Waals surface area contributed by atoms with Gasteiger partial charge in [0.2, 0.25) is 10.0 Å². The van der Waals surface area contributed by atoms with Crippen molar-refractivity contribution < 1.29 is 8.42 Å². The SMILES string of the molecule is CNCc1ccc(CS(=O)(=O)Nc2ccccc2)cc1. The summed E-state index contributed by atoms with van der Waals surface area (Å²) in [6.45, 7) is 0.773. The van der Waals surface area contributed by atoms with Gasteiger partial charge < -0.3 is 5.32 Å². The van der Waals surface area contributed by atoms with Crippen molar-refractivity contribution in [3.8, 4) is 0 Å². The Morgan fingerprint density at radius 3 is 2.10 bits per heavy atom. The van der Waals surface area contributed by atoms with E-state index in [1.54, 1.807) is 24.3 Å². The predicted octanol–water partition coefficient (Wildman–Crippen LogP) is 2.35. The first-order chi connectivity index (χ1) is 9.59. The molecule has 5 heteroatoms. The number of benzene rings is 2. The average Bonchev–Trinajstić information content (AvgIpc) is 2.41. The lowest BCUT2D eigenvalue weighted by Gasteiger charge is -2.08. The highest BCUT2D eigenvalue weighted by molar-refractivity contribution is 7.91. The first kappa shape index (κ1) is 14.6. The molecule has 0 unspecified atom stereocenters. The summed E-state index contributed by atoms with van der Waals surface area (Å²) in [5.41, 5.74) is 2.48. The molecular formula is C15H18N2O2S. The number of rotatable bonds is 6. The van der Waals surface area contributed by atoms with E-state index in [1.165, 1.54) is 0 Å². The van der Waals surface area contributed by atoms with E-state index < -0.39 is 10.0 Å². The van der Waals surface area contributed by atoms with Crippen molar-refractivity contribution in [1.82, 2.24) is 5.32 Å². The molecule has 0 fully saturated rings. The van der Waals surface area contributed by atoms with Crippen molar-refractivity contribution in [3.05, 3.63) is 65.7 Å². The maximum Gasteiger partial charge on any atom is 0.236 e. The first-order valence-corrected chi connectivity index (χ1v) is 8.02. The molecule has 0 aliphatic carbocycles. The molecule has 0 amide bonds. The maximum atomic E-state index is 12.1. The Balaban J connectivity index is 2.04. The minimum Gasteiger partial charge on any atom is -0.316 e. The molecule has 2 aromatic carbocycles. The zero-order valence-corrected chi connectivity index (χ0v) is 12.2. The third-order valence-electron chi connectivity index (χ3n) is 2.81. The second-order valence-electron chi connectivity index (χ2n) is 4.57. The van der Waals surface area contributed by atoms with Crippen LogP contribution in [0.25, 0.3) is 0 Å². The van der Waals surface area contributed by atoms with E-state index in [2.05, 4.69) is 10.0 Å². The molecule has 0 aliphatic rings. The van der Waals surface area contributed by atoms with Crippen LogP contribution in [0, 0.1) is 0 Å². The minimum atomic E-state index is -3.38. The predicted molar refractivity (Wildman–Crippen MR) is 81.9 cm³/mol. The molecule has 0 saturated carbocycles. The van der Waals surface area contributed by atoms with Crippen molar-refractivity contribution in [2.75, 3.05) is 11.8 Å². The van der Waals surface area contributed by atoms with Gasteiger partial charge in [-0.25, -0.2) is 8.42 Å². The molecule has 0 aromatic heterocycles. The number of hydrogen-bond donors (Lipinski definition) is 2. The lowest BCUT2D eigenvalue weighted by molar-refractivity contribution is 0.600. The van der Waals surface area contributed by atoms with E-state index in [9.17, 15) is 8.42 Å². The summed E-state index contributed by atoms with van der Waals surface area (Å²) in [6.07, 6.45) is 0. The van der Waals surface area contributed by atoms with E-state index >= 15 is 0 Å². The van der Waals surface area contributed by atoms with E-state index in [-0.39, 0.29) is 5.75 Å². The second-order valence-corrected chi connectivity index (χ2v) is 6.30. The highest BCUT2D eigenvalue weighted by Gasteiger charge is 2.11. The molecule has 0 radical (unpaired) electrons. The number of anilines is 1.